The monoisotopic (exact) mass is 364 g/mol. The van der Waals surface area contributed by atoms with Crippen LogP contribution in [0.2, 0.25) is 0 Å². The lowest BCUT2D eigenvalue weighted by atomic mass is 10.1. The van der Waals surface area contributed by atoms with E-state index in [0.29, 0.717) is 25.5 Å². The minimum absolute atomic E-state index is 0.0513. The van der Waals surface area contributed by atoms with Crippen molar-refractivity contribution in [1.82, 2.24) is 15.5 Å². The lowest BCUT2D eigenvalue weighted by Crippen LogP contribution is -2.39. The maximum Gasteiger partial charge on any atom is 0.223 e. The van der Waals surface area contributed by atoms with Crippen LogP contribution >= 0.6 is 0 Å². The highest BCUT2D eigenvalue weighted by Gasteiger charge is 2.10. The number of nitrogens with one attached hydrogen (secondary N) is 2. The molecule has 1 unspecified atom stereocenters. The van der Waals surface area contributed by atoms with Crippen molar-refractivity contribution >= 4 is 11.9 Å². The first kappa shape index (κ1) is 21.8. The summed E-state index contributed by atoms with van der Waals surface area (Å²) in [4.78, 5) is 17.6. The standard InChI is InChI=1S/C19H32N4O3/c1-6-20-19(21-11-10-18(25)23(4)5)22-13-17(24)15-8-7-9-16(12-15)26-14(2)3/h7-9,12,14,17,24H,6,10-11,13H2,1-5H3,(H2,20,21,22). The van der Waals surface area contributed by atoms with Gasteiger partial charge in [-0.05, 0) is 38.5 Å². The summed E-state index contributed by atoms with van der Waals surface area (Å²) < 4.78 is 5.66. The van der Waals surface area contributed by atoms with Gasteiger partial charge in [-0.15, -0.1) is 0 Å². The van der Waals surface area contributed by atoms with Crippen LogP contribution in [-0.2, 0) is 4.79 Å². The van der Waals surface area contributed by atoms with Gasteiger partial charge in [-0.25, -0.2) is 0 Å². The Labute approximate surface area is 156 Å². The molecule has 0 aliphatic heterocycles. The van der Waals surface area contributed by atoms with Crippen LogP contribution in [-0.4, -0.2) is 61.7 Å². The maximum absolute atomic E-state index is 11.6. The summed E-state index contributed by atoms with van der Waals surface area (Å²) in [6.07, 6.45) is -0.270. The van der Waals surface area contributed by atoms with Gasteiger partial charge in [0, 0.05) is 33.6 Å². The average Bonchev–Trinajstić information content (AvgIpc) is 2.58. The Hall–Kier alpha value is -2.28. The van der Waals surface area contributed by atoms with Crippen molar-refractivity contribution in [3.05, 3.63) is 29.8 Å². The molecule has 0 heterocycles. The number of aliphatic hydroxyl groups is 1. The molecule has 1 amide bonds. The van der Waals surface area contributed by atoms with Crippen LogP contribution in [0.4, 0.5) is 0 Å². The van der Waals surface area contributed by atoms with E-state index in [1.165, 1.54) is 0 Å². The third kappa shape index (κ3) is 8.20. The highest BCUT2D eigenvalue weighted by atomic mass is 16.5. The Morgan fingerprint density at radius 1 is 1.31 bits per heavy atom. The van der Waals surface area contributed by atoms with Gasteiger partial charge in [-0.1, -0.05) is 12.1 Å². The van der Waals surface area contributed by atoms with Crippen LogP contribution in [0.1, 0.15) is 38.9 Å². The van der Waals surface area contributed by atoms with Crippen LogP contribution in [0.15, 0.2) is 29.3 Å². The third-order valence-electron chi connectivity index (χ3n) is 3.51. The number of rotatable bonds is 9. The van der Waals surface area contributed by atoms with Crippen molar-refractivity contribution in [2.75, 3.05) is 33.7 Å². The van der Waals surface area contributed by atoms with E-state index in [9.17, 15) is 9.90 Å². The summed E-state index contributed by atoms with van der Waals surface area (Å²) in [7, 11) is 3.46. The van der Waals surface area contributed by atoms with Gasteiger partial charge < -0.3 is 25.4 Å². The SMILES string of the molecule is CCNC(=NCC(O)c1cccc(OC(C)C)c1)NCCC(=O)N(C)C. The number of carbonyl (C=O) groups is 1. The number of nitrogens with zero attached hydrogens (tertiary/aromatic N) is 2. The normalized spacial score (nSPS) is 12.7. The molecule has 0 aliphatic rings. The molecular formula is C19H32N4O3. The topological polar surface area (TPSA) is 86.2 Å². The lowest BCUT2D eigenvalue weighted by Gasteiger charge is -2.15. The van der Waals surface area contributed by atoms with E-state index in [4.69, 9.17) is 4.74 Å². The van der Waals surface area contributed by atoms with E-state index in [2.05, 4.69) is 15.6 Å². The highest BCUT2D eigenvalue weighted by molar-refractivity contribution is 5.81. The number of guanidine groups is 1. The lowest BCUT2D eigenvalue weighted by molar-refractivity contribution is -0.128. The van der Waals surface area contributed by atoms with Crippen molar-refractivity contribution < 1.29 is 14.6 Å². The smallest absolute Gasteiger partial charge is 0.223 e. The van der Waals surface area contributed by atoms with E-state index in [-0.39, 0.29) is 18.6 Å². The van der Waals surface area contributed by atoms with E-state index in [1.807, 2.05) is 45.0 Å². The van der Waals surface area contributed by atoms with Crippen LogP contribution in [0, 0.1) is 0 Å². The summed E-state index contributed by atoms with van der Waals surface area (Å²) >= 11 is 0. The minimum atomic E-state index is -0.732. The minimum Gasteiger partial charge on any atom is -0.491 e. The number of aliphatic imine (C=N–C) groups is 1. The molecule has 0 saturated carbocycles. The number of hydrogen-bond acceptors (Lipinski definition) is 4. The van der Waals surface area contributed by atoms with E-state index < -0.39 is 6.10 Å². The zero-order valence-corrected chi connectivity index (χ0v) is 16.5. The average molecular weight is 364 g/mol. The first-order chi connectivity index (χ1) is 12.3. The molecule has 0 saturated heterocycles. The molecule has 1 atom stereocenters. The molecule has 146 valence electrons. The van der Waals surface area contributed by atoms with Crippen molar-refractivity contribution in [2.24, 2.45) is 4.99 Å². The van der Waals surface area contributed by atoms with E-state index >= 15 is 0 Å². The molecule has 0 radical (unpaired) electrons. The summed E-state index contributed by atoms with van der Waals surface area (Å²) in [6.45, 7) is 7.27. The number of hydrogen-bond donors (Lipinski definition) is 3. The Morgan fingerprint density at radius 3 is 2.65 bits per heavy atom. The largest absolute Gasteiger partial charge is 0.491 e. The van der Waals surface area contributed by atoms with Crippen LogP contribution in [0.25, 0.3) is 0 Å². The van der Waals surface area contributed by atoms with Crippen LogP contribution in [0.3, 0.4) is 0 Å². The fraction of sp³-hybridized carbons (Fsp3) is 0.579. The molecule has 0 spiro atoms. The fourth-order valence-corrected chi connectivity index (χ4v) is 2.20. The molecule has 0 aromatic heterocycles. The molecule has 7 heteroatoms. The Morgan fingerprint density at radius 2 is 2.04 bits per heavy atom. The van der Waals surface area contributed by atoms with Crippen LogP contribution in [0.5, 0.6) is 5.75 Å². The van der Waals surface area contributed by atoms with Gasteiger partial charge in [0.15, 0.2) is 5.96 Å². The first-order valence-electron chi connectivity index (χ1n) is 9.00. The summed E-state index contributed by atoms with van der Waals surface area (Å²) in [5.41, 5.74) is 0.755. The van der Waals surface area contributed by atoms with Crippen molar-refractivity contribution in [1.29, 1.82) is 0 Å². The molecular weight excluding hydrogens is 332 g/mol. The third-order valence-corrected chi connectivity index (χ3v) is 3.51. The van der Waals surface area contributed by atoms with Crippen LogP contribution < -0.4 is 15.4 Å². The number of amides is 1. The van der Waals surface area contributed by atoms with Gasteiger partial charge in [-0.2, -0.15) is 0 Å². The van der Waals surface area contributed by atoms with Gasteiger partial charge in [-0.3, -0.25) is 9.79 Å². The number of aliphatic hydroxyl groups excluding tert-OH is 1. The molecule has 7 nitrogen and oxygen atoms in total. The number of carbonyl (C=O) groups excluding carboxylic acids is 1. The van der Waals surface area contributed by atoms with Gasteiger partial charge in [0.25, 0.3) is 0 Å². The summed E-state index contributed by atoms with van der Waals surface area (Å²) in [6, 6.07) is 7.41. The maximum atomic E-state index is 11.6. The molecule has 0 bridgehead atoms. The van der Waals surface area contributed by atoms with Gasteiger partial charge in [0.2, 0.25) is 5.91 Å². The summed E-state index contributed by atoms with van der Waals surface area (Å²) in [5, 5.41) is 16.6. The summed E-state index contributed by atoms with van der Waals surface area (Å²) in [5.74, 6) is 1.36. The molecule has 0 aliphatic carbocycles. The molecule has 1 rings (SSSR count). The van der Waals surface area contributed by atoms with E-state index in [1.54, 1.807) is 19.0 Å². The molecule has 1 aromatic rings. The Balaban J connectivity index is 2.63. The van der Waals surface area contributed by atoms with Gasteiger partial charge in [0.1, 0.15) is 5.75 Å². The molecule has 1 aromatic carbocycles. The second-order valence-electron chi connectivity index (χ2n) is 6.44. The second kappa shape index (κ2) is 11.4. The fourth-order valence-electron chi connectivity index (χ4n) is 2.20. The van der Waals surface area contributed by atoms with E-state index in [0.717, 1.165) is 11.3 Å². The van der Waals surface area contributed by atoms with Gasteiger partial charge in [0.05, 0.1) is 18.8 Å². The van der Waals surface area contributed by atoms with Crippen molar-refractivity contribution in [2.45, 2.75) is 39.4 Å². The Bertz CT molecular complexity index is 588. The molecule has 0 fully saturated rings. The molecule has 26 heavy (non-hydrogen) atoms. The van der Waals surface area contributed by atoms with Gasteiger partial charge >= 0.3 is 0 Å². The highest BCUT2D eigenvalue weighted by Crippen LogP contribution is 2.20. The second-order valence-corrected chi connectivity index (χ2v) is 6.44. The Kier molecular flexibility index (Phi) is 9.51. The number of benzene rings is 1. The number of ether oxygens (including phenoxy) is 1. The zero-order valence-electron chi connectivity index (χ0n) is 16.5. The predicted molar refractivity (Wildman–Crippen MR) is 104 cm³/mol. The van der Waals surface area contributed by atoms with Crippen molar-refractivity contribution in [3.8, 4) is 5.75 Å². The zero-order chi connectivity index (χ0) is 19.5. The first-order valence-corrected chi connectivity index (χ1v) is 9.00. The molecule has 3 N–H and O–H groups in total. The van der Waals surface area contributed by atoms with Crippen molar-refractivity contribution in [3.63, 3.8) is 0 Å². The quantitative estimate of drug-likeness (QED) is 0.457. The predicted octanol–water partition coefficient (Wildman–Crippen LogP) is 1.54.